The molecule has 21 heavy (non-hydrogen) atoms. The summed E-state index contributed by atoms with van der Waals surface area (Å²) in [5.41, 5.74) is 6.75. The molecule has 1 aliphatic rings. The number of hydrogen-bond acceptors (Lipinski definition) is 5. The summed E-state index contributed by atoms with van der Waals surface area (Å²) in [4.78, 5) is 16.5. The van der Waals surface area contributed by atoms with E-state index in [-0.39, 0.29) is 23.4 Å². The number of carbonyl (C=O) groups excluding carboxylic acids is 1. The van der Waals surface area contributed by atoms with Crippen LogP contribution in [0.2, 0.25) is 0 Å². The van der Waals surface area contributed by atoms with Crippen LogP contribution in [0.25, 0.3) is 0 Å². The first-order valence-corrected chi connectivity index (χ1v) is 7.14. The molecule has 1 aromatic carbocycles. The normalized spacial score (nSPS) is 21.3. The van der Waals surface area contributed by atoms with E-state index < -0.39 is 6.04 Å². The molecule has 1 aromatic rings. The van der Waals surface area contributed by atoms with Gasteiger partial charge in [-0.1, -0.05) is 6.07 Å². The van der Waals surface area contributed by atoms with Crippen LogP contribution in [0.15, 0.2) is 18.2 Å². The topological polar surface area (TPSA) is 90.0 Å². The van der Waals surface area contributed by atoms with E-state index in [1.807, 2.05) is 18.9 Å². The van der Waals surface area contributed by atoms with Gasteiger partial charge >= 0.3 is 0 Å². The molecule has 4 N–H and O–H groups in total. The maximum atomic E-state index is 12.4. The number of likely N-dealkylation sites (N-methyl/N-ethyl adjacent to an activating group) is 1. The molecule has 1 amide bonds. The van der Waals surface area contributed by atoms with Crippen molar-refractivity contribution in [3.63, 3.8) is 0 Å². The number of rotatable bonds is 3. The van der Waals surface area contributed by atoms with Crippen molar-refractivity contribution in [2.75, 3.05) is 26.7 Å². The molecule has 0 spiro atoms. The maximum Gasteiger partial charge on any atom is 0.240 e. The van der Waals surface area contributed by atoms with Gasteiger partial charge < -0.3 is 25.7 Å². The van der Waals surface area contributed by atoms with Gasteiger partial charge in [0.1, 0.15) is 0 Å². The van der Waals surface area contributed by atoms with E-state index in [9.17, 15) is 15.0 Å². The molecule has 1 fully saturated rings. The highest BCUT2D eigenvalue weighted by molar-refractivity contribution is 5.82. The van der Waals surface area contributed by atoms with E-state index in [1.165, 1.54) is 12.1 Å². The number of phenols is 2. The third-order valence-corrected chi connectivity index (χ3v) is 3.93. The molecule has 1 aliphatic heterocycles. The molecule has 1 heterocycles. The van der Waals surface area contributed by atoms with Gasteiger partial charge in [-0.05, 0) is 38.1 Å². The summed E-state index contributed by atoms with van der Waals surface area (Å²) in [7, 11) is 2.04. The number of nitrogens with zero attached hydrogens (tertiary/aromatic N) is 2. The SMILES string of the molecule is CC1CN(C)CCN1C(=O)[C@@H](N)Cc1ccc(O)c(O)c1. The van der Waals surface area contributed by atoms with Gasteiger partial charge in [-0.25, -0.2) is 0 Å². The van der Waals surface area contributed by atoms with Gasteiger partial charge in [0.15, 0.2) is 11.5 Å². The highest BCUT2D eigenvalue weighted by Gasteiger charge is 2.29. The highest BCUT2D eigenvalue weighted by Crippen LogP contribution is 2.25. The van der Waals surface area contributed by atoms with Crippen LogP contribution in [-0.4, -0.2) is 64.7 Å². The molecule has 0 aliphatic carbocycles. The zero-order valence-corrected chi connectivity index (χ0v) is 12.5. The fourth-order valence-corrected chi connectivity index (χ4v) is 2.72. The van der Waals surface area contributed by atoms with Gasteiger partial charge in [0.05, 0.1) is 6.04 Å². The van der Waals surface area contributed by atoms with Crippen LogP contribution in [-0.2, 0) is 11.2 Å². The Morgan fingerprint density at radius 3 is 2.71 bits per heavy atom. The van der Waals surface area contributed by atoms with Crippen LogP contribution >= 0.6 is 0 Å². The van der Waals surface area contributed by atoms with E-state index in [2.05, 4.69) is 4.90 Å². The molecular weight excluding hydrogens is 270 g/mol. The summed E-state index contributed by atoms with van der Waals surface area (Å²) in [6.45, 7) is 4.40. The second kappa shape index (κ2) is 6.32. The number of carbonyl (C=O) groups is 1. The van der Waals surface area contributed by atoms with Gasteiger partial charge in [0, 0.05) is 25.7 Å². The molecular formula is C15H23N3O3. The number of amides is 1. The number of phenolic OH excluding ortho intramolecular Hbond substituents is 2. The Morgan fingerprint density at radius 2 is 2.10 bits per heavy atom. The van der Waals surface area contributed by atoms with E-state index >= 15 is 0 Å². The van der Waals surface area contributed by atoms with Crippen molar-refractivity contribution in [3.8, 4) is 11.5 Å². The standard InChI is InChI=1S/C15H23N3O3/c1-10-9-17(2)5-6-18(10)15(21)12(16)7-11-3-4-13(19)14(20)8-11/h3-4,8,10,12,19-20H,5-7,9,16H2,1-2H3/t10?,12-/m0/s1. The monoisotopic (exact) mass is 293 g/mol. The zero-order chi connectivity index (χ0) is 15.6. The van der Waals surface area contributed by atoms with E-state index in [0.717, 1.165) is 18.7 Å². The molecule has 2 atom stereocenters. The molecule has 0 radical (unpaired) electrons. The fourth-order valence-electron chi connectivity index (χ4n) is 2.72. The minimum atomic E-state index is -0.639. The van der Waals surface area contributed by atoms with E-state index in [1.54, 1.807) is 6.07 Å². The summed E-state index contributed by atoms with van der Waals surface area (Å²) in [5, 5.41) is 18.8. The lowest BCUT2D eigenvalue weighted by Gasteiger charge is -2.39. The van der Waals surface area contributed by atoms with Crippen LogP contribution in [0.1, 0.15) is 12.5 Å². The smallest absolute Gasteiger partial charge is 0.240 e. The van der Waals surface area contributed by atoms with Crippen molar-refractivity contribution in [3.05, 3.63) is 23.8 Å². The lowest BCUT2D eigenvalue weighted by molar-refractivity contribution is -0.136. The molecule has 0 aromatic heterocycles. The molecule has 116 valence electrons. The van der Waals surface area contributed by atoms with Crippen LogP contribution in [0.5, 0.6) is 11.5 Å². The summed E-state index contributed by atoms with van der Waals surface area (Å²) in [6.07, 6.45) is 0.339. The molecule has 6 heteroatoms. The predicted octanol–water partition coefficient (Wildman–Crippen LogP) is 0.130. The summed E-state index contributed by atoms with van der Waals surface area (Å²) < 4.78 is 0. The number of hydrogen-bond donors (Lipinski definition) is 3. The second-order valence-electron chi connectivity index (χ2n) is 5.78. The first-order chi connectivity index (χ1) is 9.88. The molecule has 1 unspecified atom stereocenters. The van der Waals surface area contributed by atoms with Gasteiger partial charge in [-0.15, -0.1) is 0 Å². The third-order valence-electron chi connectivity index (χ3n) is 3.93. The van der Waals surface area contributed by atoms with Crippen LogP contribution in [0.4, 0.5) is 0 Å². The Hall–Kier alpha value is -1.79. The first-order valence-electron chi connectivity index (χ1n) is 7.14. The van der Waals surface area contributed by atoms with Gasteiger partial charge in [-0.2, -0.15) is 0 Å². The van der Waals surface area contributed by atoms with Crippen LogP contribution in [0, 0.1) is 0 Å². The van der Waals surface area contributed by atoms with Gasteiger partial charge in [0.2, 0.25) is 5.91 Å². The predicted molar refractivity (Wildman–Crippen MR) is 80.1 cm³/mol. The molecule has 1 saturated heterocycles. The Kier molecular flexibility index (Phi) is 4.69. The van der Waals surface area contributed by atoms with Crippen LogP contribution < -0.4 is 5.73 Å². The van der Waals surface area contributed by atoms with Crippen molar-refractivity contribution in [2.24, 2.45) is 5.73 Å². The Morgan fingerprint density at radius 1 is 1.38 bits per heavy atom. The minimum absolute atomic E-state index is 0.0665. The molecule has 0 bridgehead atoms. The number of benzene rings is 1. The Bertz CT molecular complexity index is 521. The average Bonchev–Trinajstić information content (AvgIpc) is 2.42. The summed E-state index contributed by atoms with van der Waals surface area (Å²) >= 11 is 0. The number of piperazine rings is 1. The molecule has 6 nitrogen and oxygen atoms in total. The quantitative estimate of drug-likeness (QED) is 0.689. The van der Waals surface area contributed by atoms with Crippen molar-refractivity contribution < 1.29 is 15.0 Å². The Labute approximate surface area is 124 Å². The van der Waals surface area contributed by atoms with Crippen LogP contribution in [0.3, 0.4) is 0 Å². The first kappa shape index (κ1) is 15.6. The van der Waals surface area contributed by atoms with Crippen molar-refractivity contribution in [1.82, 2.24) is 9.80 Å². The van der Waals surface area contributed by atoms with E-state index in [4.69, 9.17) is 5.73 Å². The largest absolute Gasteiger partial charge is 0.504 e. The molecule has 2 rings (SSSR count). The maximum absolute atomic E-state index is 12.4. The summed E-state index contributed by atoms with van der Waals surface area (Å²) in [6, 6.07) is 4.02. The van der Waals surface area contributed by atoms with Gasteiger partial charge in [-0.3, -0.25) is 4.79 Å². The Balaban J connectivity index is 2.00. The van der Waals surface area contributed by atoms with Crippen molar-refractivity contribution in [1.29, 1.82) is 0 Å². The lowest BCUT2D eigenvalue weighted by atomic mass is 10.0. The lowest BCUT2D eigenvalue weighted by Crippen LogP contribution is -2.57. The number of aromatic hydroxyl groups is 2. The summed E-state index contributed by atoms with van der Waals surface area (Å²) in [5.74, 6) is -0.436. The fraction of sp³-hybridized carbons (Fsp3) is 0.533. The third kappa shape index (κ3) is 3.65. The van der Waals surface area contributed by atoms with E-state index in [0.29, 0.717) is 13.0 Å². The number of nitrogens with two attached hydrogens (primary N) is 1. The minimum Gasteiger partial charge on any atom is -0.504 e. The average molecular weight is 293 g/mol. The molecule has 0 saturated carbocycles. The van der Waals surface area contributed by atoms with Crippen molar-refractivity contribution >= 4 is 5.91 Å². The second-order valence-corrected chi connectivity index (χ2v) is 5.78. The van der Waals surface area contributed by atoms with Gasteiger partial charge in [0.25, 0.3) is 0 Å². The van der Waals surface area contributed by atoms with Crippen molar-refractivity contribution in [2.45, 2.75) is 25.4 Å². The highest BCUT2D eigenvalue weighted by atomic mass is 16.3. The zero-order valence-electron chi connectivity index (χ0n) is 12.5.